The molecule has 1 unspecified atom stereocenters. The van der Waals surface area contributed by atoms with Crippen LogP contribution in [0.15, 0.2) is 4.79 Å². The molecule has 0 saturated heterocycles. The molecular formula is C21H31N3O5S. The van der Waals surface area contributed by atoms with Crippen LogP contribution < -0.4 is 5.56 Å². The Labute approximate surface area is 180 Å². The van der Waals surface area contributed by atoms with Gasteiger partial charge in [-0.1, -0.05) is 0 Å². The molecule has 30 heavy (non-hydrogen) atoms. The van der Waals surface area contributed by atoms with Crippen LogP contribution in [0.2, 0.25) is 0 Å². The van der Waals surface area contributed by atoms with Crippen LogP contribution in [0.5, 0.6) is 0 Å². The van der Waals surface area contributed by atoms with Crippen molar-refractivity contribution < 1.29 is 19.4 Å². The number of esters is 1. The van der Waals surface area contributed by atoms with Gasteiger partial charge < -0.3 is 19.6 Å². The van der Waals surface area contributed by atoms with Crippen LogP contribution in [0.25, 0.3) is 10.2 Å². The number of aliphatic hydroxyl groups is 1. The van der Waals surface area contributed by atoms with E-state index >= 15 is 0 Å². The van der Waals surface area contributed by atoms with E-state index in [4.69, 9.17) is 9.47 Å². The third kappa shape index (κ3) is 5.66. The third-order valence-corrected chi connectivity index (χ3v) is 6.03. The minimum Gasteiger partial charge on any atom is -0.459 e. The number of nitrogens with one attached hydrogen (secondary N) is 1. The molecular weight excluding hydrogens is 406 g/mol. The second-order valence-corrected chi connectivity index (χ2v) is 9.40. The predicted octanol–water partition coefficient (Wildman–Crippen LogP) is 2.61. The Morgan fingerprint density at radius 3 is 2.60 bits per heavy atom. The number of nitrogens with zero attached hydrogens (tertiary/aromatic N) is 2. The average molecular weight is 438 g/mol. The lowest BCUT2D eigenvalue weighted by Gasteiger charge is -2.24. The molecule has 1 fully saturated rings. The lowest BCUT2D eigenvalue weighted by atomic mass is 10.2. The van der Waals surface area contributed by atoms with Crippen molar-refractivity contribution in [1.82, 2.24) is 14.9 Å². The van der Waals surface area contributed by atoms with Gasteiger partial charge in [0, 0.05) is 12.6 Å². The normalized spacial score (nSPS) is 15.5. The first-order valence-corrected chi connectivity index (χ1v) is 11.2. The van der Waals surface area contributed by atoms with Crippen molar-refractivity contribution in [2.24, 2.45) is 0 Å². The number of carbonyl (C=O) groups is 1. The molecule has 0 radical (unpaired) electrons. The van der Waals surface area contributed by atoms with Crippen LogP contribution in [-0.4, -0.2) is 63.4 Å². The highest BCUT2D eigenvalue weighted by molar-refractivity contribution is 7.20. The molecule has 2 aromatic rings. The van der Waals surface area contributed by atoms with Crippen LogP contribution in [-0.2, 0) is 16.0 Å². The first kappa shape index (κ1) is 22.9. The summed E-state index contributed by atoms with van der Waals surface area (Å²) >= 11 is 1.19. The Morgan fingerprint density at radius 2 is 2.00 bits per heavy atom. The molecule has 2 heterocycles. The summed E-state index contributed by atoms with van der Waals surface area (Å²) in [5.74, 6) is 0.0979. The number of fused-ring (bicyclic) bond motifs is 1. The van der Waals surface area contributed by atoms with Crippen molar-refractivity contribution in [3.63, 3.8) is 0 Å². The third-order valence-electron chi connectivity index (χ3n) is 4.86. The van der Waals surface area contributed by atoms with E-state index in [-0.39, 0.29) is 24.4 Å². The zero-order chi connectivity index (χ0) is 22.0. The van der Waals surface area contributed by atoms with E-state index in [1.165, 1.54) is 11.3 Å². The van der Waals surface area contributed by atoms with Gasteiger partial charge in [0.25, 0.3) is 5.56 Å². The van der Waals surface area contributed by atoms with Gasteiger partial charge in [0.05, 0.1) is 36.8 Å². The Kier molecular flexibility index (Phi) is 7.28. The fourth-order valence-electron chi connectivity index (χ4n) is 3.33. The van der Waals surface area contributed by atoms with Gasteiger partial charge in [-0.2, -0.15) is 0 Å². The molecule has 1 aliphatic rings. The summed E-state index contributed by atoms with van der Waals surface area (Å²) in [5, 5.41) is 10.7. The van der Waals surface area contributed by atoms with Crippen molar-refractivity contribution in [2.45, 2.75) is 78.4 Å². The number of hydrogen-bond donors (Lipinski definition) is 2. The van der Waals surface area contributed by atoms with E-state index < -0.39 is 12.1 Å². The molecule has 2 N–H and O–H groups in total. The first-order valence-electron chi connectivity index (χ1n) is 10.4. The number of H-pyrrole nitrogens is 1. The molecule has 2 aromatic heterocycles. The van der Waals surface area contributed by atoms with Crippen LogP contribution in [0.3, 0.4) is 0 Å². The number of hydrogen-bond acceptors (Lipinski definition) is 8. The van der Waals surface area contributed by atoms with Crippen molar-refractivity contribution in [3.8, 4) is 0 Å². The van der Waals surface area contributed by atoms with Crippen molar-refractivity contribution in [1.29, 1.82) is 0 Å². The Bertz CT molecular complexity index is 948. The molecule has 166 valence electrons. The predicted molar refractivity (Wildman–Crippen MR) is 116 cm³/mol. The quantitative estimate of drug-likeness (QED) is 0.551. The zero-order valence-corrected chi connectivity index (χ0v) is 19.0. The van der Waals surface area contributed by atoms with Gasteiger partial charge in [-0.15, -0.1) is 11.3 Å². The molecule has 3 rings (SSSR count). The molecule has 0 aliphatic heterocycles. The maximum Gasteiger partial charge on any atom is 0.348 e. The Balaban J connectivity index is 1.80. The molecule has 8 nitrogen and oxygen atoms in total. The molecule has 0 bridgehead atoms. The van der Waals surface area contributed by atoms with E-state index in [0.717, 1.165) is 12.8 Å². The van der Waals surface area contributed by atoms with Crippen LogP contribution in [0, 0.1) is 6.92 Å². The molecule has 0 aromatic carbocycles. The molecule has 9 heteroatoms. The number of thiophene rings is 1. The maximum absolute atomic E-state index is 12.7. The molecule has 1 saturated carbocycles. The number of aliphatic hydroxyl groups excluding tert-OH is 1. The minimum atomic E-state index is -0.607. The lowest BCUT2D eigenvalue weighted by molar-refractivity contribution is -0.0110. The highest BCUT2D eigenvalue weighted by atomic mass is 32.1. The van der Waals surface area contributed by atoms with Crippen molar-refractivity contribution >= 4 is 27.5 Å². The van der Waals surface area contributed by atoms with Gasteiger partial charge in [0.2, 0.25) is 0 Å². The summed E-state index contributed by atoms with van der Waals surface area (Å²) in [5.41, 5.74) is 0.341. The Morgan fingerprint density at radius 1 is 1.30 bits per heavy atom. The minimum absolute atomic E-state index is 0.0631. The van der Waals surface area contributed by atoms with E-state index in [1.807, 2.05) is 13.8 Å². The zero-order valence-electron chi connectivity index (χ0n) is 18.2. The fraction of sp³-hybridized carbons (Fsp3) is 0.667. The largest absolute Gasteiger partial charge is 0.459 e. The van der Waals surface area contributed by atoms with Crippen LogP contribution in [0.1, 0.15) is 61.6 Å². The summed E-state index contributed by atoms with van der Waals surface area (Å²) < 4.78 is 10.8. The lowest BCUT2D eigenvalue weighted by Crippen LogP contribution is -2.37. The topological polar surface area (TPSA) is 105 Å². The van der Waals surface area contributed by atoms with E-state index in [0.29, 0.717) is 45.6 Å². The molecule has 1 atom stereocenters. The summed E-state index contributed by atoms with van der Waals surface area (Å²) in [6.45, 7) is 10.3. The smallest absolute Gasteiger partial charge is 0.348 e. The van der Waals surface area contributed by atoms with Gasteiger partial charge in [-0.3, -0.25) is 9.69 Å². The van der Waals surface area contributed by atoms with Crippen molar-refractivity contribution in [3.05, 3.63) is 26.6 Å². The van der Waals surface area contributed by atoms with Gasteiger partial charge >= 0.3 is 5.97 Å². The SMILES string of the molecule is Cc1c(C(=O)OC(C)C)sc2nc(CN(CC(O)COC(C)C)C3CC3)[nH]c(=O)c12. The fourth-order valence-corrected chi connectivity index (χ4v) is 4.41. The average Bonchev–Trinajstić information content (AvgIpc) is 3.42. The maximum atomic E-state index is 12.7. The summed E-state index contributed by atoms with van der Waals surface area (Å²) in [4.78, 5) is 35.6. The van der Waals surface area contributed by atoms with Gasteiger partial charge in [0.1, 0.15) is 15.5 Å². The summed E-state index contributed by atoms with van der Waals surface area (Å²) in [6, 6.07) is 0.376. The number of aryl methyl sites for hydroxylation is 1. The molecule has 0 amide bonds. The van der Waals surface area contributed by atoms with E-state index in [2.05, 4.69) is 14.9 Å². The second-order valence-electron chi connectivity index (χ2n) is 8.40. The monoisotopic (exact) mass is 437 g/mol. The highest BCUT2D eigenvalue weighted by Crippen LogP contribution is 2.30. The van der Waals surface area contributed by atoms with E-state index in [9.17, 15) is 14.7 Å². The molecule has 0 spiro atoms. The summed E-state index contributed by atoms with van der Waals surface area (Å²) in [7, 11) is 0. The van der Waals surface area contributed by atoms with Crippen LogP contribution in [0.4, 0.5) is 0 Å². The standard InChI is InChI=1S/C21H31N3O5S/c1-11(2)28-10-15(25)8-24(14-6-7-14)9-16-22-19(26)17-13(5)18(30-20(17)23-16)21(27)29-12(3)4/h11-12,14-15,25H,6-10H2,1-5H3,(H,22,23,26). The van der Waals surface area contributed by atoms with Gasteiger partial charge in [-0.25, -0.2) is 9.78 Å². The van der Waals surface area contributed by atoms with Crippen molar-refractivity contribution in [2.75, 3.05) is 13.2 Å². The van der Waals surface area contributed by atoms with Gasteiger partial charge in [0.15, 0.2) is 0 Å². The number of rotatable bonds is 10. The number of ether oxygens (including phenoxy) is 2. The number of aromatic nitrogens is 2. The second kappa shape index (κ2) is 9.55. The van der Waals surface area contributed by atoms with Gasteiger partial charge in [-0.05, 0) is 53.0 Å². The molecule has 1 aliphatic carbocycles. The summed E-state index contributed by atoms with van der Waals surface area (Å²) in [6.07, 6.45) is 1.35. The Hall–Kier alpha value is -1.81. The number of aromatic amines is 1. The highest BCUT2D eigenvalue weighted by Gasteiger charge is 2.31. The first-order chi connectivity index (χ1) is 14.2. The van der Waals surface area contributed by atoms with Crippen LogP contribution >= 0.6 is 11.3 Å². The number of carbonyl (C=O) groups excluding carboxylic acids is 1. The van der Waals surface area contributed by atoms with E-state index in [1.54, 1.807) is 20.8 Å².